The first-order valence-electron chi connectivity index (χ1n) is 12.3. The molecule has 1 amide bonds. The van der Waals surface area contributed by atoms with Crippen LogP contribution in [0.5, 0.6) is 11.5 Å². The van der Waals surface area contributed by atoms with Gasteiger partial charge in [-0.15, -0.1) is 0 Å². The van der Waals surface area contributed by atoms with Crippen LogP contribution in [0.2, 0.25) is 0 Å². The van der Waals surface area contributed by atoms with Crippen LogP contribution in [0, 0.1) is 11.1 Å². The Labute approximate surface area is 197 Å². The number of hydrogen-bond donors (Lipinski definition) is 1. The van der Waals surface area contributed by atoms with Crippen molar-refractivity contribution in [1.82, 2.24) is 9.96 Å². The Morgan fingerprint density at radius 2 is 1.97 bits per heavy atom. The summed E-state index contributed by atoms with van der Waals surface area (Å²) in [5.41, 5.74) is 0.0872. The van der Waals surface area contributed by atoms with Crippen molar-refractivity contribution in [3.63, 3.8) is 0 Å². The molecule has 5 aliphatic rings. The van der Waals surface area contributed by atoms with Gasteiger partial charge in [-0.25, -0.2) is 0 Å². The number of rotatable bonds is 4. The first-order chi connectivity index (χ1) is 16.5. The van der Waals surface area contributed by atoms with E-state index < -0.39 is 23.0 Å². The van der Waals surface area contributed by atoms with Crippen molar-refractivity contribution in [1.29, 1.82) is 0 Å². The SMILES string of the molecule is O=C1CCC2(N([O-])C(=O)c3ccccc3)[C@H]3Cc4ccc(O)c5c4[C@@]2(CCN3CC2CC2)[C@H]1O5. The standard InChI is InChI=1S/C27H27N2O5/c30-19-9-8-18-14-21-27(29(33)25(32)17-4-2-1-3-5-17)11-10-20(31)24-26(27,22(18)23(19)34-24)12-13-28(21)15-16-6-7-16/h1-5,8-9,16,21,24,30H,6-7,10-15H2/q-1/t21-,24+,26+,27?/m1/s1. The summed E-state index contributed by atoms with van der Waals surface area (Å²) in [5, 5.41) is 25.8. The van der Waals surface area contributed by atoms with Gasteiger partial charge in [0, 0.05) is 30.1 Å². The summed E-state index contributed by atoms with van der Waals surface area (Å²) >= 11 is 0. The molecule has 0 aromatic heterocycles. The zero-order chi connectivity index (χ0) is 23.2. The predicted octanol–water partition coefficient (Wildman–Crippen LogP) is 3.17. The molecule has 1 N–H and O–H groups in total. The number of carbonyl (C=O) groups is 2. The maximum atomic E-state index is 14.4. The number of ether oxygens (including phenoxy) is 1. The minimum atomic E-state index is -1.13. The number of aromatic hydroxyl groups is 1. The number of nitrogens with zero attached hydrogens (tertiary/aromatic N) is 2. The Balaban J connectivity index is 1.46. The van der Waals surface area contributed by atoms with Crippen LogP contribution in [0.4, 0.5) is 0 Å². The Bertz CT molecular complexity index is 1210. The van der Waals surface area contributed by atoms with Gasteiger partial charge in [0.05, 0.1) is 11.0 Å². The minimum absolute atomic E-state index is 0.00470. The number of Topliss-reactive ketones (excluding diaryl/α,β-unsaturated/α-hetero) is 1. The van der Waals surface area contributed by atoms with E-state index >= 15 is 0 Å². The normalized spacial score (nSPS) is 33.3. The van der Waals surface area contributed by atoms with Crippen molar-refractivity contribution in [2.45, 2.75) is 61.6 Å². The molecule has 0 radical (unpaired) electrons. The molecule has 2 bridgehead atoms. The fourth-order valence-electron chi connectivity index (χ4n) is 7.56. The number of hydrogen-bond acceptors (Lipinski definition) is 6. The zero-order valence-corrected chi connectivity index (χ0v) is 18.9. The number of phenolic OH excluding ortho intramolecular Hbond substituents is 1. The number of ketones is 1. The molecule has 1 spiro atoms. The van der Waals surface area contributed by atoms with Gasteiger partial charge in [0.15, 0.2) is 23.4 Å². The number of piperidine rings is 1. The van der Waals surface area contributed by atoms with Gasteiger partial charge in [-0.1, -0.05) is 24.3 Å². The van der Waals surface area contributed by atoms with Crippen molar-refractivity contribution in [2.24, 2.45) is 5.92 Å². The third-order valence-corrected chi connectivity index (χ3v) is 9.13. The number of carbonyl (C=O) groups excluding carboxylic acids is 2. The average Bonchev–Trinajstić information content (AvgIpc) is 3.60. The lowest BCUT2D eigenvalue weighted by Gasteiger charge is -2.70. The first kappa shape index (κ1) is 20.5. The maximum absolute atomic E-state index is 14.4. The van der Waals surface area contributed by atoms with Gasteiger partial charge >= 0.3 is 0 Å². The molecule has 1 unspecified atom stereocenters. The molecule has 4 atom stereocenters. The number of benzene rings is 2. The van der Waals surface area contributed by atoms with Crippen LogP contribution < -0.4 is 4.74 Å². The lowest BCUT2D eigenvalue weighted by atomic mass is 9.47. The van der Waals surface area contributed by atoms with E-state index in [1.165, 1.54) is 12.8 Å². The van der Waals surface area contributed by atoms with Gasteiger partial charge in [-0.2, -0.15) is 0 Å². The van der Waals surface area contributed by atoms with E-state index in [1.54, 1.807) is 30.3 Å². The van der Waals surface area contributed by atoms with E-state index in [-0.39, 0.29) is 24.0 Å². The lowest BCUT2D eigenvalue weighted by Crippen LogP contribution is -2.81. The molecule has 2 saturated carbocycles. The third-order valence-electron chi connectivity index (χ3n) is 9.13. The van der Waals surface area contributed by atoms with Gasteiger partial charge in [-0.05, 0) is 68.3 Å². The van der Waals surface area contributed by atoms with Crippen LogP contribution in [0.25, 0.3) is 0 Å². The molecule has 2 aromatic rings. The molecule has 2 aliphatic heterocycles. The van der Waals surface area contributed by atoms with E-state index in [2.05, 4.69) is 4.90 Å². The van der Waals surface area contributed by atoms with Crippen LogP contribution in [-0.2, 0) is 16.6 Å². The zero-order valence-electron chi connectivity index (χ0n) is 18.9. The van der Waals surface area contributed by atoms with Gasteiger partial charge < -0.3 is 20.1 Å². The smallest absolute Gasteiger partial charge is 0.243 e. The molecule has 3 aliphatic carbocycles. The second kappa shape index (κ2) is 6.83. The molecule has 34 heavy (non-hydrogen) atoms. The van der Waals surface area contributed by atoms with Gasteiger partial charge in [0.2, 0.25) is 5.91 Å². The molecule has 3 fully saturated rings. The quantitative estimate of drug-likeness (QED) is 0.706. The van der Waals surface area contributed by atoms with E-state index in [0.29, 0.717) is 36.5 Å². The second-order valence-corrected chi connectivity index (χ2v) is 10.7. The number of hydroxylamine groups is 2. The van der Waals surface area contributed by atoms with Crippen molar-refractivity contribution >= 4 is 11.7 Å². The number of phenols is 1. The van der Waals surface area contributed by atoms with E-state index in [1.807, 2.05) is 12.1 Å². The maximum Gasteiger partial charge on any atom is 0.243 e. The van der Waals surface area contributed by atoms with Gasteiger partial charge in [0.25, 0.3) is 0 Å². The lowest BCUT2D eigenvalue weighted by molar-refractivity contribution is -0.154. The molecule has 7 nitrogen and oxygen atoms in total. The molecular weight excluding hydrogens is 432 g/mol. The van der Waals surface area contributed by atoms with Crippen molar-refractivity contribution in [2.75, 3.05) is 13.1 Å². The van der Waals surface area contributed by atoms with Crippen LogP contribution in [0.3, 0.4) is 0 Å². The summed E-state index contributed by atoms with van der Waals surface area (Å²) in [6, 6.07) is 12.0. The van der Waals surface area contributed by atoms with Crippen molar-refractivity contribution in [3.8, 4) is 11.5 Å². The van der Waals surface area contributed by atoms with Crippen LogP contribution in [0.1, 0.15) is 53.6 Å². The first-order valence-corrected chi connectivity index (χ1v) is 12.3. The van der Waals surface area contributed by atoms with Crippen LogP contribution in [0.15, 0.2) is 42.5 Å². The van der Waals surface area contributed by atoms with E-state index in [9.17, 15) is 19.9 Å². The molecular formula is C27H27N2O5-. The Morgan fingerprint density at radius 3 is 2.74 bits per heavy atom. The van der Waals surface area contributed by atoms with Gasteiger partial charge in [0.1, 0.15) is 0 Å². The third kappa shape index (κ3) is 2.39. The van der Waals surface area contributed by atoms with Crippen molar-refractivity contribution in [3.05, 3.63) is 64.4 Å². The average molecular weight is 460 g/mol. The van der Waals surface area contributed by atoms with E-state index in [0.717, 1.165) is 29.3 Å². The molecule has 176 valence electrons. The molecule has 2 heterocycles. The molecule has 2 aromatic carbocycles. The van der Waals surface area contributed by atoms with Crippen LogP contribution >= 0.6 is 0 Å². The predicted molar refractivity (Wildman–Crippen MR) is 124 cm³/mol. The molecule has 1 saturated heterocycles. The fourth-order valence-corrected chi connectivity index (χ4v) is 7.56. The highest BCUT2D eigenvalue weighted by Gasteiger charge is 2.74. The summed E-state index contributed by atoms with van der Waals surface area (Å²) in [7, 11) is 0. The highest BCUT2D eigenvalue weighted by molar-refractivity contribution is 5.97. The van der Waals surface area contributed by atoms with Crippen molar-refractivity contribution < 1.29 is 19.4 Å². The highest BCUT2D eigenvalue weighted by Crippen LogP contribution is 2.66. The van der Waals surface area contributed by atoms with E-state index in [4.69, 9.17) is 4.74 Å². The van der Waals surface area contributed by atoms with Gasteiger partial charge in [-0.3, -0.25) is 14.5 Å². The van der Waals surface area contributed by atoms with Crippen LogP contribution in [-0.4, -0.2) is 57.5 Å². The topological polar surface area (TPSA) is 93.1 Å². The number of likely N-dealkylation sites (tertiary alicyclic amines) is 1. The summed E-state index contributed by atoms with van der Waals surface area (Å²) in [6.45, 7) is 1.66. The highest BCUT2D eigenvalue weighted by atomic mass is 16.5. The second-order valence-electron chi connectivity index (χ2n) is 10.7. The number of amides is 1. The Morgan fingerprint density at radius 1 is 1.18 bits per heavy atom. The monoisotopic (exact) mass is 459 g/mol. The summed E-state index contributed by atoms with van der Waals surface area (Å²) in [6.07, 6.45) is 3.20. The summed E-state index contributed by atoms with van der Waals surface area (Å²) in [5.74, 6) is 0.345. The molecule has 7 rings (SSSR count). The fraction of sp³-hybridized carbons (Fsp3) is 0.481. The Kier molecular flexibility index (Phi) is 4.11. The largest absolute Gasteiger partial charge is 0.756 e. The Hall–Kier alpha value is -2.90. The summed E-state index contributed by atoms with van der Waals surface area (Å²) in [4.78, 5) is 29.4. The summed E-state index contributed by atoms with van der Waals surface area (Å²) < 4.78 is 6.22. The molecule has 7 heteroatoms. The minimum Gasteiger partial charge on any atom is -0.756 e.